The Morgan fingerprint density at radius 3 is 2.65 bits per heavy atom. The first kappa shape index (κ1) is 15.4. The Kier molecular flexibility index (Phi) is 5.49. The van der Waals surface area contributed by atoms with Gasteiger partial charge < -0.3 is 15.3 Å². The van der Waals surface area contributed by atoms with E-state index in [1.807, 2.05) is 18.2 Å². The Labute approximate surface area is 128 Å². The molecule has 0 saturated heterocycles. The lowest BCUT2D eigenvalue weighted by atomic mass is 9.90. The van der Waals surface area contributed by atoms with Crippen molar-refractivity contribution in [2.45, 2.75) is 24.9 Å². The molecule has 0 aliphatic heterocycles. The second-order valence-corrected chi connectivity index (χ2v) is 5.54. The average Bonchev–Trinajstić information content (AvgIpc) is 2.93. The van der Waals surface area contributed by atoms with Crippen molar-refractivity contribution in [1.29, 1.82) is 0 Å². The van der Waals surface area contributed by atoms with Crippen LogP contribution in [0, 0.1) is 0 Å². The lowest BCUT2D eigenvalue weighted by Crippen LogP contribution is -2.26. The fraction of sp³-hybridized carbons (Fsp3) is 0.333. The van der Waals surface area contributed by atoms with E-state index in [4.69, 9.17) is 33.4 Å². The van der Waals surface area contributed by atoms with Gasteiger partial charge in [0.1, 0.15) is 5.76 Å². The first-order chi connectivity index (χ1) is 9.61. The summed E-state index contributed by atoms with van der Waals surface area (Å²) >= 11 is 12.1. The van der Waals surface area contributed by atoms with E-state index in [9.17, 15) is 5.11 Å². The standard InChI is InChI=1S/C15H17Cl2NO2/c16-10-3-5-12(14(17)8-10)13(9-18)15(19)6-4-11-2-1-7-20-11/h1-3,5,7-8,13,15,19H,4,6,9,18H2. The molecule has 0 radical (unpaired) electrons. The van der Waals surface area contributed by atoms with Crippen LogP contribution in [0.5, 0.6) is 0 Å². The highest BCUT2D eigenvalue weighted by Gasteiger charge is 2.22. The van der Waals surface area contributed by atoms with E-state index < -0.39 is 6.10 Å². The minimum atomic E-state index is -0.580. The molecule has 2 rings (SSSR count). The maximum Gasteiger partial charge on any atom is 0.103 e. The highest BCUT2D eigenvalue weighted by Crippen LogP contribution is 2.30. The van der Waals surface area contributed by atoms with Crippen molar-refractivity contribution in [3.05, 3.63) is 58.0 Å². The summed E-state index contributed by atoms with van der Waals surface area (Å²) < 4.78 is 5.26. The first-order valence-electron chi connectivity index (χ1n) is 6.47. The SMILES string of the molecule is NCC(c1ccc(Cl)cc1Cl)C(O)CCc1ccco1. The molecule has 0 spiro atoms. The molecule has 0 saturated carbocycles. The number of nitrogens with two attached hydrogens (primary N) is 1. The minimum Gasteiger partial charge on any atom is -0.469 e. The third-order valence-electron chi connectivity index (χ3n) is 3.35. The van der Waals surface area contributed by atoms with E-state index in [1.165, 1.54) is 0 Å². The van der Waals surface area contributed by atoms with Crippen LogP contribution in [0.4, 0.5) is 0 Å². The number of rotatable bonds is 6. The van der Waals surface area contributed by atoms with Crippen LogP contribution in [0.25, 0.3) is 0 Å². The van der Waals surface area contributed by atoms with Crippen molar-refractivity contribution in [2.24, 2.45) is 5.73 Å². The molecular formula is C15H17Cl2NO2. The van der Waals surface area contributed by atoms with E-state index in [0.717, 1.165) is 11.3 Å². The molecule has 1 aromatic carbocycles. The number of aryl methyl sites for hydroxylation is 1. The topological polar surface area (TPSA) is 59.4 Å². The van der Waals surface area contributed by atoms with Crippen LogP contribution >= 0.6 is 23.2 Å². The van der Waals surface area contributed by atoms with Crippen LogP contribution in [0.15, 0.2) is 41.0 Å². The van der Waals surface area contributed by atoms with Crippen LogP contribution < -0.4 is 5.73 Å². The van der Waals surface area contributed by atoms with E-state index in [0.29, 0.717) is 29.4 Å². The van der Waals surface area contributed by atoms with E-state index in [-0.39, 0.29) is 5.92 Å². The fourth-order valence-electron chi connectivity index (χ4n) is 2.24. The average molecular weight is 314 g/mol. The minimum absolute atomic E-state index is 0.213. The fourth-order valence-corrected chi connectivity index (χ4v) is 2.79. The molecule has 1 heterocycles. The van der Waals surface area contributed by atoms with Gasteiger partial charge in [0.25, 0.3) is 0 Å². The Balaban J connectivity index is 2.06. The number of halogens is 2. The highest BCUT2D eigenvalue weighted by molar-refractivity contribution is 6.35. The zero-order valence-electron chi connectivity index (χ0n) is 10.9. The zero-order chi connectivity index (χ0) is 14.5. The Hall–Kier alpha value is -1.00. The molecule has 5 heteroatoms. The second kappa shape index (κ2) is 7.14. The van der Waals surface area contributed by atoms with Gasteiger partial charge in [-0.05, 0) is 36.2 Å². The molecule has 3 N–H and O–H groups in total. The quantitative estimate of drug-likeness (QED) is 0.856. The number of hydrogen-bond acceptors (Lipinski definition) is 3. The summed E-state index contributed by atoms with van der Waals surface area (Å²) in [5, 5.41) is 11.4. The first-order valence-corrected chi connectivity index (χ1v) is 7.23. The normalized spacial score (nSPS) is 14.2. The van der Waals surface area contributed by atoms with E-state index in [1.54, 1.807) is 18.4 Å². The zero-order valence-corrected chi connectivity index (χ0v) is 12.4. The number of hydrogen-bond donors (Lipinski definition) is 2. The van der Waals surface area contributed by atoms with Crippen molar-refractivity contribution in [3.63, 3.8) is 0 Å². The van der Waals surface area contributed by atoms with Gasteiger partial charge in [0.2, 0.25) is 0 Å². The highest BCUT2D eigenvalue weighted by atomic mass is 35.5. The van der Waals surface area contributed by atoms with Crippen LogP contribution in [0.1, 0.15) is 23.7 Å². The van der Waals surface area contributed by atoms with Crippen molar-refractivity contribution in [2.75, 3.05) is 6.54 Å². The van der Waals surface area contributed by atoms with Gasteiger partial charge >= 0.3 is 0 Å². The molecule has 2 atom stereocenters. The molecule has 0 amide bonds. The predicted octanol–water partition coefficient (Wildman–Crippen LogP) is 3.62. The van der Waals surface area contributed by atoms with E-state index in [2.05, 4.69) is 0 Å². The number of furan rings is 1. The van der Waals surface area contributed by atoms with Gasteiger partial charge in [-0.1, -0.05) is 29.3 Å². The molecule has 0 bridgehead atoms. The van der Waals surface area contributed by atoms with Crippen molar-refractivity contribution >= 4 is 23.2 Å². The molecule has 0 aliphatic carbocycles. The second-order valence-electron chi connectivity index (χ2n) is 4.69. The third kappa shape index (κ3) is 3.76. The van der Waals surface area contributed by atoms with Crippen LogP contribution in [0.2, 0.25) is 10.0 Å². The lowest BCUT2D eigenvalue weighted by Gasteiger charge is -2.22. The monoisotopic (exact) mass is 313 g/mol. The van der Waals surface area contributed by atoms with Gasteiger partial charge in [0.05, 0.1) is 12.4 Å². The molecule has 2 unspecified atom stereocenters. The van der Waals surface area contributed by atoms with Gasteiger partial charge in [-0.2, -0.15) is 0 Å². The van der Waals surface area contributed by atoms with Crippen molar-refractivity contribution < 1.29 is 9.52 Å². The predicted molar refractivity (Wildman–Crippen MR) is 81.3 cm³/mol. The largest absolute Gasteiger partial charge is 0.469 e. The van der Waals surface area contributed by atoms with Gasteiger partial charge in [0.15, 0.2) is 0 Å². The summed E-state index contributed by atoms with van der Waals surface area (Å²) in [5.74, 6) is 0.636. The Morgan fingerprint density at radius 2 is 2.05 bits per heavy atom. The summed E-state index contributed by atoms with van der Waals surface area (Å²) in [6.07, 6.45) is 2.27. The number of benzene rings is 1. The lowest BCUT2D eigenvalue weighted by molar-refractivity contribution is 0.134. The number of aliphatic hydroxyl groups is 1. The number of aliphatic hydroxyl groups excluding tert-OH is 1. The molecule has 108 valence electrons. The summed E-state index contributed by atoms with van der Waals surface area (Å²) in [7, 11) is 0. The van der Waals surface area contributed by atoms with Gasteiger partial charge in [-0.25, -0.2) is 0 Å². The molecule has 0 fully saturated rings. The van der Waals surface area contributed by atoms with E-state index >= 15 is 0 Å². The van der Waals surface area contributed by atoms with Gasteiger partial charge in [-0.15, -0.1) is 0 Å². The molecule has 20 heavy (non-hydrogen) atoms. The smallest absolute Gasteiger partial charge is 0.103 e. The summed E-state index contributed by atoms with van der Waals surface area (Å²) in [6, 6.07) is 8.96. The van der Waals surface area contributed by atoms with Gasteiger partial charge in [-0.3, -0.25) is 0 Å². The Bertz CT molecular complexity index is 543. The van der Waals surface area contributed by atoms with Crippen molar-refractivity contribution in [1.82, 2.24) is 0 Å². The molecule has 3 nitrogen and oxygen atoms in total. The maximum absolute atomic E-state index is 10.3. The molecule has 2 aromatic rings. The molecule has 1 aromatic heterocycles. The molecular weight excluding hydrogens is 297 g/mol. The van der Waals surface area contributed by atoms with Crippen LogP contribution in [0.3, 0.4) is 0 Å². The Morgan fingerprint density at radius 1 is 1.25 bits per heavy atom. The third-order valence-corrected chi connectivity index (χ3v) is 3.91. The van der Waals surface area contributed by atoms with Crippen LogP contribution in [-0.2, 0) is 6.42 Å². The molecule has 0 aliphatic rings. The maximum atomic E-state index is 10.3. The summed E-state index contributed by atoms with van der Waals surface area (Å²) in [4.78, 5) is 0. The van der Waals surface area contributed by atoms with Crippen LogP contribution in [-0.4, -0.2) is 17.8 Å². The summed E-state index contributed by atoms with van der Waals surface area (Å²) in [6.45, 7) is 0.320. The summed E-state index contributed by atoms with van der Waals surface area (Å²) in [5.41, 5.74) is 6.61. The van der Waals surface area contributed by atoms with Gasteiger partial charge in [0, 0.05) is 28.9 Å². The van der Waals surface area contributed by atoms with Crippen molar-refractivity contribution in [3.8, 4) is 0 Å².